The summed E-state index contributed by atoms with van der Waals surface area (Å²) < 4.78 is 11.7. The van der Waals surface area contributed by atoms with Gasteiger partial charge in [0.1, 0.15) is 0 Å². The monoisotopic (exact) mass is 256 g/mol. The Morgan fingerprint density at radius 2 is 2.06 bits per heavy atom. The molecule has 0 saturated carbocycles. The normalized spacial score (nSPS) is 34.3. The minimum absolute atomic E-state index is 0.374. The smallest absolute Gasteiger partial charge is 0.0707 e. The summed E-state index contributed by atoms with van der Waals surface area (Å²) in [6.45, 7) is 11.6. The van der Waals surface area contributed by atoms with Gasteiger partial charge in [0.05, 0.1) is 24.9 Å². The molecule has 2 heterocycles. The van der Waals surface area contributed by atoms with Crippen LogP contribution in [0.25, 0.3) is 0 Å². The Morgan fingerprint density at radius 3 is 2.78 bits per heavy atom. The van der Waals surface area contributed by atoms with Crippen molar-refractivity contribution in [1.29, 1.82) is 0 Å². The lowest BCUT2D eigenvalue weighted by Crippen LogP contribution is -2.44. The molecule has 2 aliphatic rings. The second-order valence-electron chi connectivity index (χ2n) is 5.96. The second kappa shape index (κ2) is 6.85. The molecule has 0 aromatic carbocycles. The van der Waals surface area contributed by atoms with Crippen LogP contribution in [0.5, 0.6) is 0 Å². The van der Waals surface area contributed by atoms with E-state index in [4.69, 9.17) is 9.47 Å². The lowest BCUT2D eigenvalue weighted by Gasteiger charge is -2.32. The van der Waals surface area contributed by atoms with Crippen molar-refractivity contribution in [3.8, 4) is 0 Å². The molecule has 0 aliphatic carbocycles. The van der Waals surface area contributed by atoms with Crippen LogP contribution in [0.2, 0.25) is 0 Å². The van der Waals surface area contributed by atoms with Crippen molar-refractivity contribution in [2.24, 2.45) is 0 Å². The van der Waals surface area contributed by atoms with E-state index in [-0.39, 0.29) is 0 Å². The van der Waals surface area contributed by atoms with E-state index in [0.29, 0.717) is 24.4 Å². The zero-order valence-electron chi connectivity index (χ0n) is 12.0. The minimum atomic E-state index is 0.374. The first-order valence-electron chi connectivity index (χ1n) is 7.36. The summed E-state index contributed by atoms with van der Waals surface area (Å²) in [7, 11) is 0. The largest absolute Gasteiger partial charge is 0.376 e. The highest BCUT2D eigenvalue weighted by atomic mass is 16.5. The van der Waals surface area contributed by atoms with E-state index in [1.807, 2.05) is 0 Å². The van der Waals surface area contributed by atoms with Crippen LogP contribution < -0.4 is 5.32 Å². The number of hydrogen-bond acceptors (Lipinski definition) is 4. The fraction of sp³-hybridized carbons (Fsp3) is 1.00. The maximum Gasteiger partial charge on any atom is 0.0707 e. The zero-order chi connectivity index (χ0) is 13.0. The molecule has 2 saturated heterocycles. The van der Waals surface area contributed by atoms with Crippen molar-refractivity contribution in [3.63, 3.8) is 0 Å². The molecule has 2 fully saturated rings. The number of nitrogens with zero attached hydrogens (tertiary/aromatic N) is 1. The van der Waals surface area contributed by atoms with Crippen LogP contribution in [0.3, 0.4) is 0 Å². The van der Waals surface area contributed by atoms with Gasteiger partial charge in [-0.25, -0.2) is 0 Å². The van der Waals surface area contributed by atoms with Crippen molar-refractivity contribution in [3.05, 3.63) is 0 Å². The molecule has 3 atom stereocenters. The van der Waals surface area contributed by atoms with Gasteiger partial charge in [-0.1, -0.05) is 13.8 Å². The first kappa shape index (κ1) is 14.3. The number of rotatable bonds is 5. The van der Waals surface area contributed by atoms with Gasteiger partial charge in [0.25, 0.3) is 0 Å². The van der Waals surface area contributed by atoms with E-state index in [9.17, 15) is 0 Å². The molecule has 3 unspecified atom stereocenters. The lowest BCUT2D eigenvalue weighted by molar-refractivity contribution is -0.0424. The Hall–Kier alpha value is -0.160. The summed E-state index contributed by atoms with van der Waals surface area (Å²) in [5.41, 5.74) is 0. The lowest BCUT2D eigenvalue weighted by atomic mass is 10.1. The predicted molar refractivity (Wildman–Crippen MR) is 72.9 cm³/mol. The van der Waals surface area contributed by atoms with E-state index < -0.39 is 0 Å². The number of morpholine rings is 1. The zero-order valence-corrected chi connectivity index (χ0v) is 12.0. The average molecular weight is 256 g/mol. The molecule has 0 aromatic heterocycles. The third kappa shape index (κ3) is 4.50. The highest BCUT2D eigenvalue weighted by molar-refractivity contribution is 4.80. The molecule has 0 bridgehead atoms. The molecule has 2 rings (SSSR count). The topological polar surface area (TPSA) is 33.7 Å². The molecule has 0 aromatic rings. The summed E-state index contributed by atoms with van der Waals surface area (Å²) in [6.07, 6.45) is 3.61. The number of nitrogens with one attached hydrogen (secondary N) is 1. The van der Waals surface area contributed by atoms with Gasteiger partial charge in [0, 0.05) is 32.2 Å². The fourth-order valence-corrected chi connectivity index (χ4v) is 2.78. The van der Waals surface area contributed by atoms with Gasteiger partial charge in [0.2, 0.25) is 0 Å². The highest BCUT2D eigenvalue weighted by Crippen LogP contribution is 2.21. The average Bonchev–Trinajstić information content (AvgIpc) is 2.74. The second-order valence-corrected chi connectivity index (χ2v) is 5.96. The van der Waals surface area contributed by atoms with Gasteiger partial charge in [-0.2, -0.15) is 0 Å². The van der Waals surface area contributed by atoms with Crippen LogP contribution in [0.15, 0.2) is 0 Å². The standard InChI is InChI=1S/C14H28N2O2/c1-11(2)15-8-13-4-5-14(18-13)10-16-6-7-17-12(3)9-16/h11-15H,4-10H2,1-3H3. The number of ether oxygens (including phenoxy) is 2. The molecular formula is C14H28N2O2. The molecule has 106 valence electrons. The van der Waals surface area contributed by atoms with Crippen LogP contribution >= 0.6 is 0 Å². The third-order valence-corrected chi connectivity index (χ3v) is 3.74. The first-order valence-corrected chi connectivity index (χ1v) is 7.36. The molecule has 0 spiro atoms. The summed E-state index contributed by atoms with van der Waals surface area (Å²) in [4.78, 5) is 2.48. The van der Waals surface area contributed by atoms with Crippen LogP contribution in [-0.2, 0) is 9.47 Å². The van der Waals surface area contributed by atoms with E-state index in [2.05, 4.69) is 31.0 Å². The Bertz CT molecular complexity index is 248. The first-order chi connectivity index (χ1) is 8.63. The van der Waals surface area contributed by atoms with E-state index in [0.717, 1.165) is 32.8 Å². The van der Waals surface area contributed by atoms with Gasteiger partial charge < -0.3 is 14.8 Å². The van der Waals surface area contributed by atoms with E-state index >= 15 is 0 Å². The van der Waals surface area contributed by atoms with Crippen molar-refractivity contribution in [1.82, 2.24) is 10.2 Å². The van der Waals surface area contributed by atoms with Crippen molar-refractivity contribution in [2.75, 3.05) is 32.8 Å². The SMILES string of the molecule is CC(C)NCC1CCC(CN2CCOC(C)C2)O1. The van der Waals surface area contributed by atoms with Crippen LogP contribution in [0.1, 0.15) is 33.6 Å². The molecular weight excluding hydrogens is 228 g/mol. The molecule has 4 nitrogen and oxygen atoms in total. The summed E-state index contributed by atoms with van der Waals surface area (Å²) >= 11 is 0. The van der Waals surface area contributed by atoms with Crippen LogP contribution in [0.4, 0.5) is 0 Å². The van der Waals surface area contributed by atoms with Crippen LogP contribution in [0, 0.1) is 0 Å². The Morgan fingerprint density at radius 1 is 1.28 bits per heavy atom. The quantitative estimate of drug-likeness (QED) is 0.803. The Kier molecular flexibility index (Phi) is 5.42. The molecule has 4 heteroatoms. The Balaban J connectivity index is 1.66. The predicted octanol–water partition coefficient (Wildman–Crippen LogP) is 1.25. The summed E-state index contributed by atoms with van der Waals surface area (Å²) in [6, 6.07) is 0.549. The molecule has 2 aliphatic heterocycles. The van der Waals surface area contributed by atoms with Gasteiger partial charge in [-0.15, -0.1) is 0 Å². The Labute approximate surface area is 111 Å². The minimum Gasteiger partial charge on any atom is -0.376 e. The highest BCUT2D eigenvalue weighted by Gasteiger charge is 2.28. The molecule has 18 heavy (non-hydrogen) atoms. The van der Waals surface area contributed by atoms with Crippen molar-refractivity contribution >= 4 is 0 Å². The number of hydrogen-bond donors (Lipinski definition) is 1. The van der Waals surface area contributed by atoms with Gasteiger partial charge >= 0.3 is 0 Å². The molecule has 1 N–H and O–H groups in total. The maximum absolute atomic E-state index is 6.10. The van der Waals surface area contributed by atoms with E-state index in [1.54, 1.807) is 0 Å². The fourth-order valence-electron chi connectivity index (χ4n) is 2.78. The summed E-state index contributed by atoms with van der Waals surface area (Å²) in [5.74, 6) is 0. The van der Waals surface area contributed by atoms with Gasteiger partial charge in [0.15, 0.2) is 0 Å². The molecule has 0 amide bonds. The molecule has 0 radical (unpaired) electrons. The van der Waals surface area contributed by atoms with Crippen LogP contribution in [-0.4, -0.2) is 62.0 Å². The third-order valence-electron chi connectivity index (χ3n) is 3.74. The maximum atomic E-state index is 6.10. The van der Waals surface area contributed by atoms with Crippen molar-refractivity contribution in [2.45, 2.75) is 58.0 Å². The van der Waals surface area contributed by atoms with E-state index in [1.165, 1.54) is 12.8 Å². The summed E-state index contributed by atoms with van der Waals surface area (Å²) in [5, 5.41) is 3.46. The van der Waals surface area contributed by atoms with Gasteiger partial charge in [-0.3, -0.25) is 4.90 Å². The van der Waals surface area contributed by atoms with Crippen molar-refractivity contribution < 1.29 is 9.47 Å². The van der Waals surface area contributed by atoms with Gasteiger partial charge in [-0.05, 0) is 19.8 Å².